The Bertz CT molecular complexity index is 484. The molecule has 0 atom stereocenters. The molecule has 7 nitrogen and oxygen atoms in total. The Morgan fingerprint density at radius 1 is 1.18 bits per heavy atom. The number of aliphatic imine (C=N–C) groups is 1. The number of hydrogen-bond acceptors (Lipinski definition) is 2. The summed E-state index contributed by atoms with van der Waals surface area (Å²) in [6, 6.07) is 6.58. The van der Waals surface area contributed by atoms with Crippen LogP contribution in [-0.2, 0) is 4.79 Å². The van der Waals surface area contributed by atoms with Crippen molar-refractivity contribution in [3.63, 3.8) is 0 Å². The number of nitrogens with zero attached hydrogens (tertiary/aromatic N) is 2. The van der Waals surface area contributed by atoms with Crippen LogP contribution in [0.25, 0.3) is 0 Å². The van der Waals surface area contributed by atoms with Crippen molar-refractivity contribution in [2.75, 3.05) is 5.73 Å². The number of carbonyl (C=O) groups is 1. The second-order valence-corrected chi connectivity index (χ2v) is 3.34. The van der Waals surface area contributed by atoms with Crippen LogP contribution in [0.1, 0.15) is 6.92 Å². The summed E-state index contributed by atoms with van der Waals surface area (Å²) in [5.74, 6) is -0.622. The zero-order valence-corrected chi connectivity index (χ0v) is 9.42. The van der Waals surface area contributed by atoms with E-state index in [1.54, 1.807) is 24.3 Å². The molecule has 7 heteroatoms. The van der Waals surface area contributed by atoms with E-state index in [0.717, 1.165) is 0 Å². The Morgan fingerprint density at radius 3 is 2.12 bits per heavy atom. The first-order valence-electron chi connectivity index (χ1n) is 4.80. The molecule has 0 aromatic heterocycles. The smallest absolute Gasteiger partial charge is 0.399 e. The van der Waals surface area contributed by atoms with Gasteiger partial charge in [-0.25, -0.2) is 0 Å². The van der Waals surface area contributed by atoms with E-state index in [0.29, 0.717) is 11.4 Å². The van der Waals surface area contributed by atoms with E-state index in [4.69, 9.17) is 22.9 Å². The maximum absolute atomic E-state index is 11.5. The Hall–Kier alpha value is -2.57. The molecule has 1 rings (SSSR count). The molecule has 1 amide bonds. The zero-order valence-electron chi connectivity index (χ0n) is 9.42. The van der Waals surface area contributed by atoms with Crippen LogP contribution < -0.4 is 22.9 Å². The Balaban J connectivity index is 3.32. The highest BCUT2D eigenvalue weighted by Crippen LogP contribution is 2.14. The minimum absolute atomic E-state index is 0.0951. The molecular formula is C10H15N6O+. The maximum atomic E-state index is 11.5. The molecule has 1 aromatic carbocycles. The number of carbonyl (C=O) groups excluding carboxylic acids is 1. The van der Waals surface area contributed by atoms with E-state index in [-0.39, 0.29) is 17.8 Å². The van der Waals surface area contributed by atoms with Gasteiger partial charge in [-0.15, -0.1) is 0 Å². The van der Waals surface area contributed by atoms with Gasteiger partial charge in [-0.05, 0) is 29.3 Å². The summed E-state index contributed by atoms with van der Waals surface area (Å²) in [5, 5.41) is 0. The van der Waals surface area contributed by atoms with Gasteiger partial charge in [0.25, 0.3) is 11.9 Å². The fourth-order valence-electron chi connectivity index (χ4n) is 1.28. The molecule has 0 aliphatic carbocycles. The summed E-state index contributed by atoms with van der Waals surface area (Å²) in [7, 11) is 0. The highest BCUT2D eigenvalue weighted by Gasteiger charge is 2.16. The van der Waals surface area contributed by atoms with Crippen molar-refractivity contribution < 1.29 is 9.37 Å². The maximum Gasteiger partial charge on any atom is 0.400 e. The number of rotatable bonds is 1. The molecule has 0 saturated carbocycles. The molecule has 0 saturated heterocycles. The molecule has 0 aliphatic heterocycles. The van der Waals surface area contributed by atoms with Crippen LogP contribution in [0.5, 0.6) is 0 Å². The lowest BCUT2D eigenvalue weighted by molar-refractivity contribution is -0.366. The third kappa shape index (κ3) is 3.20. The van der Waals surface area contributed by atoms with Gasteiger partial charge in [-0.2, -0.15) is 4.58 Å². The van der Waals surface area contributed by atoms with Gasteiger partial charge in [0.05, 0.1) is 0 Å². The van der Waals surface area contributed by atoms with Crippen LogP contribution in [0.15, 0.2) is 29.3 Å². The number of nitrogens with two attached hydrogens (primary N) is 4. The summed E-state index contributed by atoms with van der Waals surface area (Å²) in [6.45, 7) is 1.35. The fourth-order valence-corrected chi connectivity index (χ4v) is 1.28. The van der Waals surface area contributed by atoms with E-state index in [1.807, 2.05) is 0 Å². The summed E-state index contributed by atoms with van der Waals surface area (Å²) >= 11 is 0. The third-order valence-corrected chi connectivity index (χ3v) is 1.94. The van der Waals surface area contributed by atoms with Gasteiger partial charge in [0.15, 0.2) is 0 Å². The number of amides is 1. The van der Waals surface area contributed by atoms with Gasteiger partial charge in [-0.3, -0.25) is 10.5 Å². The van der Waals surface area contributed by atoms with Crippen molar-refractivity contribution in [3.05, 3.63) is 24.3 Å². The fraction of sp³-hybridized carbons (Fsp3) is 0.100. The van der Waals surface area contributed by atoms with Gasteiger partial charge < -0.3 is 17.2 Å². The van der Waals surface area contributed by atoms with Gasteiger partial charge in [0, 0.05) is 12.6 Å². The van der Waals surface area contributed by atoms with E-state index >= 15 is 0 Å². The first kappa shape index (κ1) is 12.5. The lowest BCUT2D eigenvalue weighted by Gasteiger charge is -2.04. The lowest BCUT2D eigenvalue weighted by Crippen LogP contribution is -2.32. The average molecular weight is 235 g/mol. The van der Waals surface area contributed by atoms with Crippen LogP contribution in [-0.4, -0.2) is 22.4 Å². The number of benzene rings is 1. The van der Waals surface area contributed by atoms with Crippen molar-refractivity contribution in [1.82, 2.24) is 0 Å². The van der Waals surface area contributed by atoms with Crippen molar-refractivity contribution in [1.29, 1.82) is 0 Å². The molecule has 0 radical (unpaired) electrons. The molecule has 0 aliphatic rings. The summed E-state index contributed by atoms with van der Waals surface area (Å²) < 4.78 is 1.18. The van der Waals surface area contributed by atoms with Crippen molar-refractivity contribution in [2.45, 2.75) is 6.92 Å². The number of guanidine groups is 2. The van der Waals surface area contributed by atoms with E-state index in [1.165, 1.54) is 11.5 Å². The second-order valence-electron chi connectivity index (χ2n) is 3.34. The number of nitrogen functional groups attached to an aromatic ring is 1. The SMILES string of the molecule is CC(=O)[N+](=C(N)N=C(N)N)c1ccc(N)cc1. The minimum atomic E-state index is -0.308. The molecule has 0 heterocycles. The highest BCUT2D eigenvalue weighted by molar-refractivity contribution is 5.92. The van der Waals surface area contributed by atoms with Crippen LogP contribution >= 0.6 is 0 Å². The predicted octanol–water partition coefficient (Wildman–Crippen LogP) is -0.953. The van der Waals surface area contributed by atoms with Crippen LogP contribution in [0.4, 0.5) is 11.4 Å². The van der Waals surface area contributed by atoms with Gasteiger partial charge >= 0.3 is 5.96 Å². The normalized spacial score (nSPS) is 11.6. The van der Waals surface area contributed by atoms with E-state index in [2.05, 4.69) is 4.99 Å². The second kappa shape index (κ2) is 4.97. The van der Waals surface area contributed by atoms with Crippen LogP contribution in [0.2, 0.25) is 0 Å². The summed E-state index contributed by atoms with van der Waals surface area (Å²) in [5.41, 5.74) is 22.7. The Labute approximate surface area is 98.4 Å². The van der Waals surface area contributed by atoms with Crippen LogP contribution in [0.3, 0.4) is 0 Å². The third-order valence-electron chi connectivity index (χ3n) is 1.94. The molecule has 0 unspecified atom stereocenters. The molecule has 0 fully saturated rings. The molecule has 8 N–H and O–H groups in total. The molecule has 90 valence electrons. The van der Waals surface area contributed by atoms with Gasteiger partial charge in [-0.1, -0.05) is 0 Å². The number of anilines is 1. The zero-order chi connectivity index (χ0) is 13.0. The first-order chi connectivity index (χ1) is 7.91. The topological polar surface area (TPSA) is 137 Å². The van der Waals surface area contributed by atoms with E-state index < -0.39 is 0 Å². The van der Waals surface area contributed by atoms with Gasteiger partial charge in [0.1, 0.15) is 5.69 Å². The standard InChI is InChI=1S/C10H14N6O/c1-6(17)16(10(14)15-9(12)13)8-4-2-7(11)3-5-8/h2-5H,11H2,1H3,(H5,12,13,14,15)/p+1. The average Bonchev–Trinajstić information content (AvgIpc) is 2.19. The predicted molar refractivity (Wildman–Crippen MR) is 66.5 cm³/mol. The lowest BCUT2D eigenvalue weighted by atomic mass is 10.3. The molecule has 17 heavy (non-hydrogen) atoms. The number of hydrogen-bond donors (Lipinski definition) is 4. The monoisotopic (exact) mass is 235 g/mol. The van der Waals surface area contributed by atoms with Crippen LogP contribution in [0, 0.1) is 0 Å². The highest BCUT2D eigenvalue weighted by atomic mass is 16.2. The quantitative estimate of drug-likeness (QED) is 0.215. The molecule has 1 aromatic rings. The largest absolute Gasteiger partial charge is 0.400 e. The van der Waals surface area contributed by atoms with Crippen molar-refractivity contribution >= 4 is 29.2 Å². The summed E-state index contributed by atoms with van der Waals surface area (Å²) in [4.78, 5) is 15.1. The van der Waals surface area contributed by atoms with Gasteiger partial charge in [0.2, 0.25) is 0 Å². The molecular weight excluding hydrogens is 220 g/mol. The first-order valence-corrected chi connectivity index (χ1v) is 4.80. The minimum Gasteiger partial charge on any atom is -0.399 e. The Kier molecular flexibility index (Phi) is 3.66. The van der Waals surface area contributed by atoms with E-state index in [9.17, 15) is 4.79 Å². The van der Waals surface area contributed by atoms with Crippen molar-refractivity contribution in [3.8, 4) is 0 Å². The molecule has 0 bridgehead atoms. The summed E-state index contributed by atoms with van der Waals surface area (Å²) in [6.07, 6.45) is 0. The Morgan fingerprint density at radius 2 is 1.71 bits per heavy atom. The molecule has 0 spiro atoms. The van der Waals surface area contributed by atoms with Crippen molar-refractivity contribution in [2.24, 2.45) is 22.2 Å².